The highest BCUT2D eigenvalue weighted by molar-refractivity contribution is 7.89. The summed E-state index contributed by atoms with van der Waals surface area (Å²) in [4.78, 5) is 0. The topological polar surface area (TPSA) is 58.2 Å². The van der Waals surface area contributed by atoms with Gasteiger partial charge in [-0.15, -0.1) is 0 Å². The molecule has 0 heterocycles. The van der Waals surface area contributed by atoms with Crippen LogP contribution in [0.1, 0.15) is 59.8 Å². The molecule has 0 amide bonds. The van der Waals surface area contributed by atoms with Crippen molar-refractivity contribution in [2.75, 3.05) is 18.8 Å². The Morgan fingerprint density at radius 2 is 1.70 bits per heavy atom. The van der Waals surface area contributed by atoms with Crippen molar-refractivity contribution in [2.24, 2.45) is 11.3 Å². The maximum atomic E-state index is 12.0. The molecular weight excluding hydrogens is 272 g/mol. The summed E-state index contributed by atoms with van der Waals surface area (Å²) >= 11 is 0. The van der Waals surface area contributed by atoms with Crippen LogP contribution in [0.15, 0.2) is 0 Å². The Labute approximate surface area is 125 Å². The number of hydrogen-bond acceptors (Lipinski definition) is 3. The Bertz CT molecular complexity index is 371. The molecule has 1 rings (SSSR count). The van der Waals surface area contributed by atoms with Crippen molar-refractivity contribution < 1.29 is 8.42 Å². The van der Waals surface area contributed by atoms with Crippen molar-refractivity contribution in [3.05, 3.63) is 0 Å². The summed E-state index contributed by atoms with van der Waals surface area (Å²) in [6, 6.07) is 0.326. The number of hydrogen-bond donors (Lipinski definition) is 2. The van der Waals surface area contributed by atoms with Crippen LogP contribution in [0.4, 0.5) is 0 Å². The fourth-order valence-corrected chi connectivity index (χ4v) is 4.32. The average Bonchev–Trinajstić information content (AvgIpc) is 2.74. The van der Waals surface area contributed by atoms with E-state index in [0.29, 0.717) is 25.0 Å². The lowest BCUT2D eigenvalue weighted by molar-refractivity contribution is 0.236. The second-order valence-corrected chi connectivity index (χ2v) is 8.98. The predicted molar refractivity (Wildman–Crippen MR) is 85.3 cm³/mol. The fourth-order valence-electron chi connectivity index (χ4n) is 3.26. The Morgan fingerprint density at radius 1 is 1.10 bits per heavy atom. The van der Waals surface area contributed by atoms with Crippen molar-refractivity contribution in [3.8, 4) is 0 Å². The Balaban J connectivity index is 2.46. The summed E-state index contributed by atoms with van der Waals surface area (Å²) in [5.41, 5.74) is 0.201. The van der Waals surface area contributed by atoms with Gasteiger partial charge in [-0.2, -0.15) is 0 Å². The predicted octanol–water partition coefficient (Wildman–Crippen LogP) is 2.51. The first kappa shape index (κ1) is 17.9. The van der Waals surface area contributed by atoms with Gasteiger partial charge >= 0.3 is 0 Å². The Kier molecular flexibility index (Phi) is 6.95. The van der Waals surface area contributed by atoms with Gasteiger partial charge in [-0.3, -0.25) is 0 Å². The van der Waals surface area contributed by atoms with E-state index in [0.717, 1.165) is 19.3 Å². The van der Waals surface area contributed by atoms with Gasteiger partial charge in [-0.1, -0.05) is 40.5 Å². The molecule has 0 radical (unpaired) electrons. The van der Waals surface area contributed by atoms with E-state index in [1.807, 2.05) is 13.8 Å². The quantitative estimate of drug-likeness (QED) is 0.688. The Morgan fingerprint density at radius 3 is 2.20 bits per heavy atom. The largest absolute Gasteiger partial charge is 0.313 e. The van der Waals surface area contributed by atoms with Gasteiger partial charge in [0, 0.05) is 19.1 Å². The number of nitrogens with one attached hydrogen (secondary N) is 2. The maximum Gasteiger partial charge on any atom is 0.212 e. The summed E-state index contributed by atoms with van der Waals surface area (Å²) in [5, 5.41) is 3.15. The smallest absolute Gasteiger partial charge is 0.212 e. The van der Waals surface area contributed by atoms with E-state index < -0.39 is 10.0 Å². The molecule has 0 saturated heterocycles. The molecule has 0 spiro atoms. The van der Waals surface area contributed by atoms with Crippen LogP contribution in [0.3, 0.4) is 0 Å². The van der Waals surface area contributed by atoms with E-state index in [4.69, 9.17) is 0 Å². The normalized spacial score (nSPS) is 19.1. The molecule has 5 heteroatoms. The van der Waals surface area contributed by atoms with Crippen molar-refractivity contribution >= 4 is 10.0 Å². The van der Waals surface area contributed by atoms with Crippen LogP contribution in [0.25, 0.3) is 0 Å². The third-order valence-electron chi connectivity index (χ3n) is 4.10. The van der Waals surface area contributed by atoms with Crippen LogP contribution in [0.2, 0.25) is 0 Å². The molecule has 0 bridgehead atoms. The third-order valence-corrected chi connectivity index (χ3v) is 5.42. The van der Waals surface area contributed by atoms with E-state index in [1.54, 1.807) is 0 Å². The van der Waals surface area contributed by atoms with Crippen LogP contribution in [0, 0.1) is 11.3 Å². The van der Waals surface area contributed by atoms with Gasteiger partial charge in [-0.25, -0.2) is 13.1 Å². The average molecular weight is 305 g/mol. The zero-order chi connectivity index (χ0) is 15.2. The van der Waals surface area contributed by atoms with Gasteiger partial charge in [-0.05, 0) is 30.6 Å². The van der Waals surface area contributed by atoms with Crippen molar-refractivity contribution in [1.29, 1.82) is 0 Å². The highest BCUT2D eigenvalue weighted by Crippen LogP contribution is 2.42. The molecule has 2 N–H and O–H groups in total. The van der Waals surface area contributed by atoms with E-state index in [1.165, 1.54) is 12.8 Å². The molecule has 0 aromatic carbocycles. The second kappa shape index (κ2) is 7.76. The first-order valence-electron chi connectivity index (χ1n) is 7.95. The van der Waals surface area contributed by atoms with Gasteiger partial charge in [0.25, 0.3) is 0 Å². The summed E-state index contributed by atoms with van der Waals surface area (Å²) in [7, 11) is -3.15. The molecule has 1 saturated carbocycles. The molecule has 20 heavy (non-hydrogen) atoms. The zero-order valence-corrected chi connectivity index (χ0v) is 14.4. The molecule has 4 nitrogen and oxygen atoms in total. The van der Waals surface area contributed by atoms with Crippen LogP contribution in [-0.4, -0.2) is 33.3 Å². The first-order valence-corrected chi connectivity index (χ1v) is 9.61. The standard InChI is InChI=1S/C15H32N2O2S/c1-13(2)11-15(7-5-6-8-15)12-17-20(18,19)10-9-16-14(3)4/h13-14,16-17H,5-12H2,1-4H3. The number of rotatable bonds is 9. The van der Waals surface area contributed by atoms with Crippen LogP contribution in [0.5, 0.6) is 0 Å². The van der Waals surface area contributed by atoms with Gasteiger partial charge in [0.05, 0.1) is 5.75 Å². The molecule has 1 aliphatic rings. The summed E-state index contributed by atoms with van der Waals surface area (Å²) < 4.78 is 26.9. The van der Waals surface area contributed by atoms with E-state index >= 15 is 0 Å². The zero-order valence-electron chi connectivity index (χ0n) is 13.5. The van der Waals surface area contributed by atoms with E-state index in [9.17, 15) is 8.42 Å². The molecular formula is C15H32N2O2S. The highest BCUT2D eigenvalue weighted by atomic mass is 32.2. The lowest BCUT2D eigenvalue weighted by Crippen LogP contribution is -2.40. The van der Waals surface area contributed by atoms with Crippen molar-refractivity contribution in [3.63, 3.8) is 0 Å². The molecule has 0 aromatic rings. The van der Waals surface area contributed by atoms with E-state index in [2.05, 4.69) is 23.9 Å². The van der Waals surface area contributed by atoms with Crippen LogP contribution in [-0.2, 0) is 10.0 Å². The summed E-state index contributed by atoms with van der Waals surface area (Å²) in [5.74, 6) is 0.795. The molecule has 0 atom stereocenters. The molecule has 1 aliphatic carbocycles. The highest BCUT2D eigenvalue weighted by Gasteiger charge is 2.35. The summed E-state index contributed by atoms with van der Waals surface area (Å²) in [6.45, 7) is 9.63. The van der Waals surface area contributed by atoms with Crippen molar-refractivity contribution in [1.82, 2.24) is 10.0 Å². The minimum Gasteiger partial charge on any atom is -0.313 e. The molecule has 0 aliphatic heterocycles. The fraction of sp³-hybridized carbons (Fsp3) is 1.00. The lowest BCUT2D eigenvalue weighted by atomic mass is 9.79. The van der Waals surface area contributed by atoms with Gasteiger partial charge in [0.2, 0.25) is 10.0 Å². The van der Waals surface area contributed by atoms with Crippen molar-refractivity contribution in [2.45, 2.75) is 65.8 Å². The van der Waals surface area contributed by atoms with Crippen LogP contribution < -0.4 is 10.0 Å². The molecule has 120 valence electrons. The van der Waals surface area contributed by atoms with Crippen LogP contribution >= 0.6 is 0 Å². The monoisotopic (exact) mass is 304 g/mol. The van der Waals surface area contributed by atoms with Gasteiger partial charge in [0.1, 0.15) is 0 Å². The third kappa shape index (κ3) is 6.55. The minimum absolute atomic E-state index is 0.170. The second-order valence-electron chi connectivity index (χ2n) is 7.05. The van der Waals surface area contributed by atoms with Gasteiger partial charge in [0.15, 0.2) is 0 Å². The molecule has 0 aromatic heterocycles. The first-order chi connectivity index (χ1) is 9.25. The minimum atomic E-state index is -3.15. The summed E-state index contributed by atoms with van der Waals surface area (Å²) in [6.07, 6.45) is 5.93. The maximum absolute atomic E-state index is 12.0. The SMILES string of the molecule is CC(C)CC1(CNS(=O)(=O)CCNC(C)C)CCCC1. The van der Waals surface area contributed by atoms with Gasteiger partial charge < -0.3 is 5.32 Å². The number of sulfonamides is 1. The molecule has 1 fully saturated rings. The van der Waals surface area contributed by atoms with E-state index in [-0.39, 0.29) is 11.2 Å². The Hall–Kier alpha value is -0.130. The lowest BCUT2D eigenvalue weighted by Gasteiger charge is -2.31. The molecule has 0 unspecified atom stereocenters.